The number of hydrogen-bond donors (Lipinski definition) is 3. The minimum atomic E-state index is -0.942. The Morgan fingerprint density at radius 3 is 2.05 bits per heavy atom. The van der Waals surface area contributed by atoms with E-state index in [1.165, 1.54) is 7.11 Å². The van der Waals surface area contributed by atoms with Crippen LogP contribution in [0.2, 0.25) is 0 Å². The van der Waals surface area contributed by atoms with Gasteiger partial charge in [0.1, 0.15) is 6.04 Å². The average Bonchev–Trinajstić information content (AvgIpc) is 2.31. The molecule has 0 radical (unpaired) electrons. The van der Waals surface area contributed by atoms with Gasteiger partial charge in [-0.3, -0.25) is 4.79 Å². The van der Waals surface area contributed by atoms with Gasteiger partial charge in [0.25, 0.3) is 0 Å². The van der Waals surface area contributed by atoms with Crippen LogP contribution in [-0.4, -0.2) is 49.9 Å². The Balaban J connectivity index is 4.56. The molecular weight excluding hydrogens is 266 g/mol. The molecule has 116 valence electrons. The molecule has 0 spiro atoms. The van der Waals surface area contributed by atoms with Crippen LogP contribution in [0.3, 0.4) is 0 Å². The Morgan fingerprint density at radius 2 is 1.60 bits per heavy atom. The molecule has 1 atom stereocenters. The van der Waals surface area contributed by atoms with Crippen molar-refractivity contribution in [3.05, 3.63) is 0 Å². The maximum atomic E-state index is 11.9. The van der Waals surface area contributed by atoms with Crippen LogP contribution in [-0.2, 0) is 14.3 Å². The van der Waals surface area contributed by atoms with E-state index >= 15 is 0 Å². The monoisotopic (exact) mass is 289 g/mol. The number of carbonyl (C=O) groups is 3. The first-order chi connectivity index (χ1) is 9.26. The Morgan fingerprint density at radius 1 is 1.00 bits per heavy atom. The zero-order chi connectivity index (χ0) is 15.7. The molecule has 0 aromatic rings. The lowest BCUT2D eigenvalue weighted by Crippen LogP contribution is -2.54. The third kappa shape index (κ3) is 8.17. The summed E-state index contributed by atoms with van der Waals surface area (Å²) in [4.78, 5) is 34.4. The molecule has 0 heterocycles. The Hall–Kier alpha value is -1.99. The summed E-state index contributed by atoms with van der Waals surface area (Å²) in [7, 11) is 1.21. The van der Waals surface area contributed by atoms with Crippen molar-refractivity contribution in [3.8, 4) is 0 Å². The number of nitrogens with one attached hydrogen (secondary N) is 3. The van der Waals surface area contributed by atoms with Crippen LogP contribution < -0.4 is 16.0 Å². The second kappa shape index (κ2) is 9.00. The SMILES string of the molecule is COC(=O)NCC(NC(=O)OC(C)C)C(=O)NC(C)C. The highest BCUT2D eigenvalue weighted by atomic mass is 16.6. The van der Waals surface area contributed by atoms with Gasteiger partial charge in [-0.05, 0) is 27.7 Å². The van der Waals surface area contributed by atoms with Crippen LogP contribution in [0.1, 0.15) is 27.7 Å². The number of methoxy groups -OCH3 is 1. The van der Waals surface area contributed by atoms with Crippen molar-refractivity contribution in [3.63, 3.8) is 0 Å². The predicted molar refractivity (Wildman–Crippen MR) is 72.2 cm³/mol. The predicted octanol–water partition coefficient (Wildman–Crippen LogP) is 0.370. The highest BCUT2D eigenvalue weighted by Gasteiger charge is 2.23. The summed E-state index contributed by atoms with van der Waals surface area (Å²) in [6.07, 6.45) is -1.72. The van der Waals surface area contributed by atoms with Crippen LogP contribution in [0.25, 0.3) is 0 Å². The van der Waals surface area contributed by atoms with Crippen molar-refractivity contribution in [1.82, 2.24) is 16.0 Å². The van der Waals surface area contributed by atoms with E-state index in [4.69, 9.17) is 4.74 Å². The van der Waals surface area contributed by atoms with E-state index < -0.39 is 24.1 Å². The Labute approximate surface area is 118 Å². The first-order valence-electron chi connectivity index (χ1n) is 6.35. The van der Waals surface area contributed by atoms with Crippen LogP contribution >= 0.6 is 0 Å². The normalized spacial score (nSPS) is 11.8. The van der Waals surface area contributed by atoms with Crippen molar-refractivity contribution in [2.45, 2.75) is 45.9 Å². The topological polar surface area (TPSA) is 106 Å². The molecule has 0 aromatic heterocycles. The van der Waals surface area contributed by atoms with E-state index in [2.05, 4.69) is 20.7 Å². The molecular formula is C12H23N3O5. The summed E-state index contributed by atoms with van der Waals surface area (Å²) in [5.41, 5.74) is 0. The lowest BCUT2D eigenvalue weighted by molar-refractivity contribution is -0.123. The number of ether oxygens (including phenoxy) is 2. The summed E-state index contributed by atoms with van der Waals surface area (Å²) in [6.45, 7) is 6.85. The molecule has 3 N–H and O–H groups in total. The highest BCUT2D eigenvalue weighted by molar-refractivity contribution is 5.86. The number of carbonyl (C=O) groups excluding carboxylic acids is 3. The number of hydrogen-bond acceptors (Lipinski definition) is 5. The first-order valence-corrected chi connectivity index (χ1v) is 6.35. The van der Waals surface area contributed by atoms with Crippen molar-refractivity contribution in [2.75, 3.05) is 13.7 Å². The van der Waals surface area contributed by atoms with Gasteiger partial charge in [0.05, 0.1) is 19.8 Å². The maximum Gasteiger partial charge on any atom is 0.408 e. The third-order valence-electron chi connectivity index (χ3n) is 2.02. The molecule has 0 fully saturated rings. The molecule has 8 nitrogen and oxygen atoms in total. The smallest absolute Gasteiger partial charge is 0.408 e. The summed E-state index contributed by atoms with van der Waals surface area (Å²) in [5.74, 6) is -0.419. The van der Waals surface area contributed by atoms with Gasteiger partial charge < -0.3 is 25.4 Å². The number of rotatable bonds is 6. The summed E-state index contributed by atoms with van der Waals surface area (Å²) < 4.78 is 9.30. The zero-order valence-electron chi connectivity index (χ0n) is 12.5. The molecule has 0 aliphatic heterocycles. The summed E-state index contributed by atoms with van der Waals surface area (Å²) in [6, 6.07) is -1.03. The van der Waals surface area contributed by atoms with Gasteiger partial charge in [-0.2, -0.15) is 0 Å². The third-order valence-corrected chi connectivity index (χ3v) is 2.02. The van der Waals surface area contributed by atoms with E-state index in [0.29, 0.717) is 0 Å². The molecule has 0 saturated heterocycles. The molecule has 0 saturated carbocycles. The van der Waals surface area contributed by atoms with Crippen LogP contribution in [0.5, 0.6) is 0 Å². The maximum absolute atomic E-state index is 11.9. The molecule has 0 aliphatic carbocycles. The second-order valence-electron chi connectivity index (χ2n) is 4.69. The minimum absolute atomic E-state index is 0.0916. The van der Waals surface area contributed by atoms with E-state index in [9.17, 15) is 14.4 Å². The summed E-state index contributed by atoms with van der Waals surface area (Å²) in [5, 5.41) is 7.38. The van der Waals surface area contributed by atoms with E-state index in [1.807, 2.05) is 0 Å². The quantitative estimate of drug-likeness (QED) is 0.655. The number of alkyl carbamates (subject to hydrolysis) is 2. The fourth-order valence-corrected chi connectivity index (χ4v) is 1.24. The fourth-order valence-electron chi connectivity index (χ4n) is 1.24. The lowest BCUT2D eigenvalue weighted by atomic mass is 10.2. The summed E-state index contributed by atoms with van der Waals surface area (Å²) >= 11 is 0. The van der Waals surface area contributed by atoms with E-state index in [1.54, 1.807) is 27.7 Å². The van der Waals surface area contributed by atoms with Gasteiger partial charge in [0.2, 0.25) is 5.91 Å². The van der Waals surface area contributed by atoms with Gasteiger partial charge in [0.15, 0.2) is 0 Å². The van der Waals surface area contributed by atoms with Crippen molar-refractivity contribution >= 4 is 18.1 Å². The van der Waals surface area contributed by atoms with Gasteiger partial charge in [-0.15, -0.1) is 0 Å². The average molecular weight is 289 g/mol. The second-order valence-corrected chi connectivity index (χ2v) is 4.69. The van der Waals surface area contributed by atoms with Crippen LogP contribution in [0, 0.1) is 0 Å². The molecule has 0 aromatic carbocycles. The molecule has 1 unspecified atom stereocenters. The molecule has 0 rings (SSSR count). The van der Waals surface area contributed by atoms with E-state index in [0.717, 1.165) is 0 Å². The molecule has 0 aliphatic rings. The van der Waals surface area contributed by atoms with Gasteiger partial charge in [-0.1, -0.05) is 0 Å². The van der Waals surface area contributed by atoms with E-state index in [-0.39, 0.29) is 18.7 Å². The first kappa shape index (κ1) is 18.0. The van der Waals surface area contributed by atoms with Gasteiger partial charge in [-0.25, -0.2) is 9.59 Å². The van der Waals surface area contributed by atoms with Gasteiger partial charge in [0, 0.05) is 6.04 Å². The van der Waals surface area contributed by atoms with Crippen molar-refractivity contribution in [1.29, 1.82) is 0 Å². The van der Waals surface area contributed by atoms with Crippen LogP contribution in [0.4, 0.5) is 9.59 Å². The lowest BCUT2D eigenvalue weighted by Gasteiger charge is -2.20. The molecule has 20 heavy (non-hydrogen) atoms. The Kier molecular flexibility index (Phi) is 8.10. The van der Waals surface area contributed by atoms with Gasteiger partial charge >= 0.3 is 12.2 Å². The van der Waals surface area contributed by atoms with Crippen molar-refractivity contribution < 1.29 is 23.9 Å². The minimum Gasteiger partial charge on any atom is -0.453 e. The van der Waals surface area contributed by atoms with Crippen LogP contribution in [0.15, 0.2) is 0 Å². The fraction of sp³-hybridized carbons (Fsp3) is 0.750. The molecule has 3 amide bonds. The zero-order valence-corrected chi connectivity index (χ0v) is 12.5. The standard InChI is InChI=1S/C12H23N3O5/c1-7(2)14-10(16)9(6-13-11(17)19-5)15-12(18)20-8(3)4/h7-9H,6H2,1-5H3,(H,13,17)(H,14,16)(H,15,18). The molecule has 8 heteroatoms. The molecule has 0 bridgehead atoms. The number of amides is 3. The van der Waals surface area contributed by atoms with Crippen molar-refractivity contribution in [2.24, 2.45) is 0 Å². The highest BCUT2D eigenvalue weighted by Crippen LogP contribution is 1.93. The largest absolute Gasteiger partial charge is 0.453 e. The Bertz CT molecular complexity index is 344.